The van der Waals surface area contributed by atoms with Gasteiger partial charge in [0.05, 0.1) is 5.92 Å². The number of amides is 1. The predicted molar refractivity (Wildman–Crippen MR) is 92.3 cm³/mol. The van der Waals surface area contributed by atoms with Crippen molar-refractivity contribution in [3.05, 3.63) is 36.0 Å². The predicted octanol–water partition coefficient (Wildman–Crippen LogP) is 4.02. The first kappa shape index (κ1) is 17.6. The van der Waals surface area contributed by atoms with Crippen molar-refractivity contribution in [1.82, 2.24) is 15.0 Å². The molecule has 1 fully saturated rings. The fourth-order valence-electron chi connectivity index (χ4n) is 3.12. The van der Waals surface area contributed by atoms with E-state index >= 15 is 0 Å². The van der Waals surface area contributed by atoms with Gasteiger partial charge >= 0.3 is 0 Å². The van der Waals surface area contributed by atoms with E-state index in [4.69, 9.17) is 4.52 Å². The van der Waals surface area contributed by atoms with Crippen LogP contribution in [0.25, 0.3) is 11.4 Å². The lowest BCUT2D eigenvalue weighted by molar-refractivity contribution is -0.132. The number of benzene rings is 1. The number of aromatic nitrogens is 2. The van der Waals surface area contributed by atoms with Gasteiger partial charge in [0, 0.05) is 25.1 Å². The molecule has 2 heterocycles. The minimum atomic E-state index is -0.330. The Kier molecular flexibility index (Phi) is 5.46. The van der Waals surface area contributed by atoms with Crippen LogP contribution in [0.1, 0.15) is 51.3 Å². The van der Waals surface area contributed by atoms with Crippen molar-refractivity contribution in [3.8, 4) is 11.4 Å². The van der Waals surface area contributed by atoms with Crippen LogP contribution < -0.4 is 0 Å². The molecule has 0 spiro atoms. The molecule has 1 aliphatic rings. The lowest BCUT2D eigenvalue weighted by Gasteiger charge is -2.31. The molecule has 5 nitrogen and oxygen atoms in total. The van der Waals surface area contributed by atoms with Gasteiger partial charge in [0.2, 0.25) is 17.6 Å². The van der Waals surface area contributed by atoms with Crippen LogP contribution in [-0.4, -0.2) is 34.0 Å². The summed E-state index contributed by atoms with van der Waals surface area (Å²) in [6.07, 6.45) is 3.33. The van der Waals surface area contributed by atoms with E-state index in [0.29, 0.717) is 36.2 Å². The van der Waals surface area contributed by atoms with Crippen LogP contribution in [0, 0.1) is 11.7 Å². The monoisotopic (exact) mass is 345 g/mol. The van der Waals surface area contributed by atoms with Gasteiger partial charge in [-0.2, -0.15) is 4.98 Å². The average Bonchev–Trinajstić information content (AvgIpc) is 3.10. The van der Waals surface area contributed by atoms with E-state index in [1.165, 1.54) is 12.1 Å². The Morgan fingerprint density at radius 1 is 1.44 bits per heavy atom. The smallest absolute Gasteiger partial charge is 0.231 e. The van der Waals surface area contributed by atoms with Crippen molar-refractivity contribution >= 4 is 5.91 Å². The first-order chi connectivity index (χ1) is 12.0. The SMILES string of the molecule is CC(C)CCC(=O)N1CCCC(c2nc(-c3cccc(F)c3)no2)C1. The van der Waals surface area contributed by atoms with E-state index < -0.39 is 0 Å². The second-order valence-corrected chi connectivity index (χ2v) is 7.08. The number of likely N-dealkylation sites (tertiary alicyclic amines) is 1. The van der Waals surface area contributed by atoms with E-state index in [2.05, 4.69) is 24.0 Å². The number of hydrogen-bond donors (Lipinski definition) is 0. The van der Waals surface area contributed by atoms with Gasteiger partial charge in [-0.15, -0.1) is 0 Å². The summed E-state index contributed by atoms with van der Waals surface area (Å²) in [4.78, 5) is 18.7. The molecule has 0 saturated carbocycles. The van der Waals surface area contributed by atoms with Crippen LogP contribution in [0.2, 0.25) is 0 Å². The Balaban J connectivity index is 1.67. The molecule has 1 aromatic heterocycles. The summed E-state index contributed by atoms with van der Waals surface area (Å²) in [6.45, 7) is 5.65. The summed E-state index contributed by atoms with van der Waals surface area (Å²) in [5, 5.41) is 3.98. The van der Waals surface area contributed by atoms with Crippen LogP contribution in [0.4, 0.5) is 4.39 Å². The Morgan fingerprint density at radius 2 is 2.28 bits per heavy atom. The maximum Gasteiger partial charge on any atom is 0.231 e. The molecule has 2 aromatic rings. The number of piperidine rings is 1. The lowest BCUT2D eigenvalue weighted by Crippen LogP contribution is -2.39. The normalized spacial score (nSPS) is 17.9. The molecule has 0 radical (unpaired) electrons. The molecule has 1 aromatic carbocycles. The second-order valence-electron chi connectivity index (χ2n) is 7.08. The molecule has 3 rings (SSSR count). The molecule has 6 heteroatoms. The van der Waals surface area contributed by atoms with Gasteiger partial charge in [0.1, 0.15) is 5.82 Å². The molecule has 1 aliphatic heterocycles. The van der Waals surface area contributed by atoms with E-state index in [9.17, 15) is 9.18 Å². The van der Waals surface area contributed by atoms with Gasteiger partial charge in [-0.05, 0) is 37.3 Å². The number of carbonyl (C=O) groups excluding carboxylic acids is 1. The summed E-state index contributed by atoms with van der Waals surface area (Å²) >= 11 is 0. The summed E-state index contributed by atoms with van der Waals surface area (Å²) in [5.74, 6) is 1.35. The molecule has 0 bridgehead atoms. The highest BCUT2D eigenvalue weighted by molar-refractivity contribution is 5.76. The highest BCUT2D eigenvalue weighted by Gasteiger charge is 2.28. The average molecular weight is 345 g/mol. The summed E-state index contributed by atoms with van der Waals surface area (Å²) < 4.78 is 18.8. The lowest BCUT2D eigenvalue weighted by atomic mass is 9.97. The molecule has 134 valence electrons. The Bertz CT molecular complexity index is 729. The number of carbonyl (C=O) groups is 1. The number of rotatable bonds is 5. The standard InChI is InChI=1S/C19H24FN3O2/c1-13(2)8-9-17(24)23-10-4-6-15(12-23)19-21-18(22-25-19)14-5-3-7-16(20)11-14/h3,5,7,11,13,15H,4,6,8-10,12H2,1-2H3. The van der Waals surface area contributed by atoms with Gasteiger partial charge in [0.25, 0.3) is 0 Å². The summed E-state index contributed by atoms with van der Waals surface area (Å²) in [7, 11) is 0. The van der Waals surface area contributed by atoms with Crippen molar-refractivity contribution in [1.29, 1.82) is 0 Å². The zero-order chi connectivity index (χ0) is 17.8. The number of halogens is 1. The van der Waals surface area contributed by atoms with Crippen molar-refractivity contribution in [2.24, 2.45) is 5.92 Å². The topological polar surface area (TPSA) is 59.2 Å². The van der Waals surface area contributed by atoms with Gasteiger partial charge in [-0.25, -0.2) is 4.39 Å². The first-order valence-electron chi connectivity index (χ1n) is 8.90. The van der Waals surface area contributed by atoms with E-state index in [1.54, 1.807) is 12.1 Å². The largest absolute Gasteiger partial charge is 0.342 e. The quantitative estimate of drug-likeness (QED) is 0.821. The molecule has 0 N–H and O–H groups in total. The molecule has 1 atom stereocenters. The third-order valence-electron chi connectivity index (χ3n) is 4.58. The van der Waals surface area contributed by atoms with E-state index in [-0.39, 0.29) is 17.6 Å². The molecular formula is C19H24FN3O2. The van der Waals surface area contributed by atoms with Crippen LogP contribution in [0.3, 0.4) is 0 Å². The molecular weight excluding hydrogens is 321 g/mol. The first-order valence-corrected chi connectivity index (χ1v) is 8.90. The maximum atomic E-state index is 13.4. The highest BCUT2D eigenvalue weighted by Crippen LogP contribution is 2.28. The van der Waals surface area contributed by atoms with Crippen molar-refractivity contribution in [3.63, 3.8) is 0 Å². The fourth-order valence-corrected chi connectivity index (χ4v) is 3.12. The van der Waals surface area contributed by atoms with Crippen LogP contribution >= 0.6 is 0 Å². The Hall–Kier alpha value is -2.24. The highest BCUT2D eigenvalue weighted by atomic mass is 19.1. The van der Waals surface area contributed by atoms with Crippen molar-refractivity contribution < 1.29 is 13.7 Å². The van der Waals surface area contributed by atoms with E-state index in [0.717, 1.165) is 25.8 Å². The summed E-state index contributed by atoms with van der Waals surface area (Å²) in [5.41, 5.74) is 0.593. The fraction of sp³-hybridized carbons (Fsp3) is 0.526. The van der Waals surface area contributed by atoms with Crippen LogP contribution in [0.5, 0.6) is 0 Å². The second kappa shape index (κ2) is 7.76. The maximum absolute atomic E-state index is 13.4. The van der Waals surface area contributed by atoms with Gasteiger partial charge in [0.15, 0.2) is 0 Å². The zero-order valence-electron chi connectivity index (χ0n) is 14.7. The molecule has 1 amide bonds. The van der Waals surface area contributed by atoms with Gasteiger partial charge in [-0.1, -0.05) is 31.1 Å². The minimum absolute atomic E-state index is 0.0477. The molecule has 0 aliphatic carbocycles. The number of hydrogen-bond acceptors (Lipinski definition) is 4. The molecule has 25 heavy (non-hydrogen) atoms. The van der Waals surface area contributed by atoms with E-state index in [1.807, 2.05) is 4.90 Å². The zero-order valence-corrected chi connectivity index (χ0v) is 14.7. The van der Waals surface area contributed by atoms with Gasteiger partial charge in [-0.3, -0.25) is 4.79 Å². The van der Waals surface area contributed by atoms with Gasteiger partial charge < -0.3 is 9.42 Å². The molecule has 1 saturated heterocycles. The third-order valence-corrected chi connectivity index (χ3v) is 4.58. The Labute approximate surface area is 147 Å². The Morgan fingerprint density at radius 3 is 3.04 bits per heavy atom. The number of nitrogens with zero attached hydrogens (tertiary/aromatic N) is 3. The minimum Gasteiger partial charge on any atom is -0.342 e. The summed E-state index contributed by atoms with van der Waals surface area (Å²) in [6, 6.07) is 6.14. The third kappa shape index (κ3) is 4.44. The van der Waals surface area contributed by atoms with Crippen LogP contribution in [0.15, 0.2) is 28.8 Å². The molecule has 1 unspecified atom stereocenters. The van der Waals surface area contributed by atoms with Crippen molar-refractivity contribution in [2.75, 3.05) is 13.1 Å². The van der Waals surface area contributed by atoms with Crippen LogP contribution in [-0.2, 0) is 4.79 Å². The van der Waals surface area contributed by atoms with Crippen molar-refractivity contribution in [2.45, 2.75) is 45.4 Å².